The van der Waals surface area contributed by atoms with E-state index in [0.29, 0.717) is 0 Å². The standard InChI is InChI=1S/C6H6F2O4/c1-3(4(9)10)2-6(7,8)5(11)12/h1-2H2,(H,9,10)(H,11,12). The van der Waals surface area contributed by atoms with Gasteiger partial charge < -0.3 is 10.2 Å². The monoisotopic (exact) mass is 180 g/mol. The molecular formula is C6H6F2O4. The number of rotatable bonds is 4. The Morgan fingerprint density at radius 3 is 2.00 bits per heavy atom. The van der Waals surface area contributed by atoms with Gasteiger partial charge in [-0.2, -0.15) is 8.78 Å². The van der Waals surface area contributed by atoms with Crippen molar-refractivity contribution in [2.24, 2.45) is 0 Å². The van der Waals surface area contributed by atoms with Crippen molar-refractivity contribution >= 4 is 11.9 Å². The van der Waals surface area contributed by atoms with Crippen LogP contribution in [0.1, 0.15) is 6.42 Å². The molecule has 0 spiro atoms. The minimum atomic E-state index is -4.06. The summed E-state index contributed by atoms with van der Waals surface area (Å²) in [6.07, 6.45) is -1.38. The molecule has 0 aromatic rings. The number of carbonyl (C=O) groups is 2. The molecule has 0 aliphatic carbocycles. The summed E-state index contributed by atoms with van der Waals surface area (Å²) < 4.78 is 24.5. The van der Waals surface area contributed by atoms with Gasteiger partial charge in [0.1, 0.15) is 0 Å². The molecule has 68 valence electrons. The maximum atomic E-state index is 12.2. The molecule has 4 nitrogen and oxygen atoms in total. The third kappa shape index (κ3) is 2.65. The Kier molecular flexibility index (Phi) is 2.89. The Balaban J connectivity index is 4.35. The van der Waals surface area contributed by atoms with Crippen LogP contribution in [0.5, 0.6) is 0 Å². The van der Waals surface area contributed by atoms with Crippen molar-refractivity contribution < 1.29 is 28.6 Å². The van der Waals surface area contributed by atoms with Gasteiger partial charge in [-0.1, -0.05) is 6.58 Å². The van der Waals surface area contributed by atoms with Crippen molar-refractivity contribution in [3.8, 4) is 0 Å². The largest absolute Gasteiger partial charge is 0.478 e. The van der Waals surface area contributed by atoms with E-state index in [1.165, 1.54) is 0 Å². The smallest absolute Gasteiger partial charge is 0.374 e. The fourth-order valence-electron chi connectivity index (χ4n) is 0.419. The van der Waals surface area contributed by atoms with Crippen molar-refractivity contribution in [2.45, 2.75) is 12.3 Å². The fourth-order valence-corrected chi connectivity index (χ4v) is 0.419. The van der Waals surface area contributed by atoms with E-state index in [1.807, 2.05) is 0 Å². The first-order chi connectivity index (χ1) is 5.27. The highest BCUT2D eigenvalue weighted by molar-refractivity contribution is 5.87. The second kappa shape index (κ2) is 3.29. The quantitative estimate of drug-likeness (QED) is 0.625. The number of hydrogen-bond acceptors (Lipinski definition) is 2. The lowest BCUT2D eigenvalue weighted by Gasteiger charge is -2.09. The molecule has 0 saturated heterocycles. The van der Waals surface area contributed by atoms with Gasteiger partial charge in [-0.3, -0.25) is 0 Å². The second-order valence-electron chi connectivity index (χ2n) is 2.10. The molecule has 0 aromatic carbocycles. The molecule has 0 atom stereocenters. The Morgan fingerprint density at radius 2 is 1.75 bits per heavy atom. The van der Waals surface area contributed by atoms with Gasteiger partial charge >= 0.3 is 17.9 Å². The molecule has 0 aliphatic heterocycles. The number of halogens is 2. The van der Waals surface area contributed by atoms with Crippen molar-refractivity contribution in [2.75, 3.05) is 0 Å². The van der Waals surface area contributed by atoms with E-state index < -0.39 is 29.9 Å². The zero-order chi connectivity index (χ0) is 9.94. The van der Waals surface area contributed by atoms with E-state index in [-0.39, 0.29) is 0 Å². The molecule has 0 saturated carbocycles. The predicted molar refractivity (Wildman–Crippen MR) is 34.0 cm³/mol. The van der Waals surface area contributed by atoms with Crippen LogP contribution in [0.15, 0.2) is 12.2 Å². The van der Waals surface area contributed by atoms with Crippen LogP contribution in [0.4, 0.5) is 8.78 Å². The van der Waals surface area contributed by atoms with E-state index in [4.69, 9.17) is 10.2 Å². The molecule has 0 heterocycles. The average molecular weight is 180 g/mol. The number of aliphatic carboxylic acids is 2. The molecule has 12 heavy (non-hydrogen) atoms. The third-order valence-corrected chi connectivity index (χ3v) is 1.05. The first-order valence-electron chi connectivity index (χ1n) is 2.79. The van der Waals surface area contributed by atoms with Crippen LogP contribution in [-0.4, -0.2) is 28.1 Å². The first kappa shape index (κ1) is 10.5. The molecular weight excluding hydrogens is 174 g/mol. The van der Waals surface area contributed by atoms with Crippen LogP contribution >= 0.6 is 0 Å². The SMILES string of the molecule is C=C(CC(F)(F)C(=O)O)C(=O)O. The van der Waals surface area contributed by atoms with Crippen LogP contribution in [0.25, 0.3) is 0 Å². The number of carboxylic acid groups (broad SMARTS) is 2. The maximum Gasteiger partial charge on any atom is 0.374 e. The molecule has 0 radical (unpaired) electrons. The summed E-state index contributed by atoms with van der Waals surface area (Å²) in [6.45, 7) is 2.78. The Hall–Kier alpha value is -1.46. The zero-order valence-corrected chi connectivity index (χ0v) is 5.88. The Morgan fingerprint density at radius 1 is 1.33 bits per heavy atom. The van der Waals surface area contributed by atoms with Gasteiger partial charge in [0.15, 0.2) is 0 Å². The number of alkyl halides is 2. The lowest BCUT2D eigenvalue weighted by Crippen LogP contribution is -2.29. The van der Waals surface area contributed by atoms with Gasteiger partial charge in [0.25, 0.3) is 0 Å². The summed E-state index contributed by atoms with van der Waals surface area (Å²) in [5.74, 6) is -8.05. The fraction of sp³-hybridized carbons (Fsp3) is 0.333. The van der Waals surface area contributed by atoms with Gasteiger partial charge in [0, 0.05) is 5.57 Å². The van der Waals surface area contributed by atoms with Crippen molar-refractivity contribution in [1.82, 2.24) is 0 Å². The van der Waals surface area contributed by atoms with E-state index >= 15 is 0 Å². The molecule has 0 amide bonds. The normalized spacial score (nSPS) is 10.8. The molecule has 2 N–H and O–H groups in total. The van der Waals surface area contributed by atoms with Gasteiger partial charge in [0.2, 0.25) is 0 Å². The van der Waals surface area contributed by atoms with Crippen LogP contribution in [0.3, 0.4) is 0 Å². The first-order valence-corrected chi connectivity index (χ1v) is 2.79. The topological polar surface area (TPSA) is 74.6 Å². The van der Waals surface area contributed by atoms with E-state index in [9.17, 15) is 18.4 Å². The summed E-state index contributed by atoms with van der Waals surface area (Å²) in [6, 6.07) is 0. The van der Waals surface area contributed by atoms with Crippen molar-refractivity contribution in [1.29, 1.82) is 0 Å². The molecule has 0 bridgehead atoms. The highest BCUT2D eigenvalue weighted by Crippen LogP contribution is 2.22. The zero-order valence-electron chi connectivity index (χ0n) is 5.88. The van der Waals surface area contributed by atoms with Crippen LogP contribution in [-0.2, 0) is 9.59 Å². The van der Waals surface area contributed by atoms with E-state index in [2.05, 4.69) is 6.58 Å². The summed E-state index contributed by atoms with van der Waals surface area (Å²) in [5.41, 5.74) is -0.831. The van der Waals surface area contributed by atoms with Crippen LogP contribution < -0.4 is 0 Å². The molecule has 0 fully saturated rings. The molecule has 0 aliphatic rings. The highest BCUT2D eigenvalue weighted by atomic mass is 19.3. The summed E-state index contributed by atoms with van der Waals surface area (Å²) >= 11 is 0. The minimum Gasteiger partial charge on any atom is -0.478 e. The lowest BCUT2D eigenvalue weighted by molar-refractivity contribution is -0.164. The van der Waals surface area contributed by atoms with Crippen LogP contribution in [0.2, 0.25) is 0 Å². The van der Waals surface area contributed by atoms with Gasteiger partial charge in [-0.15, -0.1) is 0 Å². The van der Waals surface area contributed by atoms with Gasteiger partial charge in [0.05, 0.1) is 6.42 Å². The van der Waals surface area contributed by atoms with Crippen molar-refractivity contribution in [3.63, 3.8) is 0 Å². The van der Waals surface area contributed by atoms with Gasteiger partial charge in [-0.05, 0) is 0 Å². The Bertz CT molecular complexity index is 234. The average Bonchev–Trinajstić information content (AvgIpc) is 1.85. The second-order valence-corrected chi connectivity index (χ2v) is 2.10. The maximum absolute atomic E-state index is 12.2. The van der Waals surface area contributed by atoms with Crippen LogP contribution in [0, 0.1) is 0 Å². The molecule has 0 unspecified atom stereocenters. The number of hydrogen-bond donors (Lipinski definition) is 2. The predicted octanol–water partition coefficient (Wildman–Crippen LogP) is 0.737. The van der Waals surface area contributed by atoms with E-state index in [1.54, 1.807) is 0 Å². The molecule has 6 heteroatoms. The third-order valence-electron chi connectivity index (χ3n) is 1.05. The summed E-state index contributed by atoms with van der Waals surface area (Å²) in [7, 11) is 0. The summed E-state index contributed by atoms with van der Waals surface area (Å²) in [5, 5.41) is 16.0. The Labute approximate surface area is 66.1 Å². The lowest BCUT2D eigenvalue weighted by atomic mass is 10.1. The number of carboxylic acids is 2. The molecule has 0 aromatic heterocycles. The van der Waals surface area contributed by atoms with Gasteiger partial charge in [-0.25, -0.2) is 9.59 Å². The summed E-state index contributed by atoms with van der Waals surface area (Å²) in [4.78, 5) is 19.8. The van der Waals surface area contributed by atoms with Crippen molar-refractivity contribution in [3.05, 3.63) is 12.2 Å². The highest BCUT2D eigenvalue weighted by Gasteiger charge is 2.40. The minimum absolute atomic E-state index is 0.831. The molecule has 0 rings (SSSR count). The van der Waals surface area contributed by atoms with E-state index in [0.717, 1.165) is 0 Å².